The molecule has 1 aromatic carbocycles. The van der Waals surface area contributed by atoms with Crippen LogP contribution in [0.15, 0.2) is 28.7 Å². The molecule has 0 radical (unpaired) electrons. The topological polar surface area (TPSA) is 79.5 Å². The number of carbonyl (C=O) groups is 2. The zero-order valence-corrected chi connectivity index (χ0v) is 17.7. The number of hydrogen-bond acceptors (Lipinski definition) is 5. The summed E-state index contributed by atoms with van der Waals surface area (Å²) in [5.41, 5.74) is 0.654. The summed E-state index contributed by atoms with van der Waals surface area (Å²) in [7, 11) is 0. The summed E-state index contributed by atoms with van der Waals surface area (Å²) in [6.45, 7) is 4.77. The molecular weight excluding hydrogens is 392 g/mol. The van der Waals surface area contributed by atoms with Crippen molar-refractivity contribution < 1.29 is 14.0 Å². The molecule has 0 saturated carbocycles. The van der Waals surface area contributed by atoms with Gasteiger partial charge < -0.3 is 14.2 Å². The molecule has 1 aromatic heterocycles. The van der Waals surface area contributed by atoms with Gasteiger partial charge >= 0.3 is 0 Å². The molecule has 1 aliphatic rings. The first kappa shape index (κ1) is 21.3. The highest BCUT2D eigenvalue weighted by atomic mass is 35.5. The highest BCUT2D eigenvalue weighted by Gasteiger charge is 2.25. The van der Waals surface area contributed by atoms with Crippen molar-refractivity contribution in [3.05, 3.63) is 35.2 Å². The summed E-state index contributed by atoms with van der Waals surface area (Å²) in [6.07, 6.45) is 4.52. The van der Waals surface area contributed by atoms with Crippen molar-refractivity contribution in [2.24, 2.45) is 0 Å². The Morgan fingerprint density at radius 1 is 1.21 bits per heavy atom. The first-order valence-corrected chi connectivity index (χ1v) is 10.5. The van der Waals surface area contributed by atoms with E-state index in [0.29, 0.717) is 35.3 Å². The lowest BCUT2D eigenvalue weighted by molar-refractivity contribution is -0.142. The van der Waals surface area contributed by atoms with Crippen LogP contribution in [0.3, 0.4) is 0 Å². The Hall–Kier alpha value is -2.41. The van der Waals surface area contributed by atoms with Crippen LogP contribution in [0.1, 0.15) is 51.8 Å². The SMILES string of the molecule is CC(C)N(Cc1nnc(-c2ccccc2Cl)o1)C(=O)CN1CCCCCCC1=O. The van der Waals surface area contributed by atoms with E-state index in [0.717, 1.165) is 25.7 Å². The minimum Gasteiger partial charge on any atom is -0.419 e. The second kappa shape index (κ2) is 9.87. The highest BCUT2D eigenvalue weighted by Crippen LogP contribution is 2.26. The smallest absolute Gasteiger partial charge is 0.249 e. The third-order valence-corrected chi connectivity index (χ3v) is 5.40. The Labute approximate surface area is 176 Å². The van der Waals surface area contributed by atoms with Gasteiger partial charge in [-0.2, -0.15) is 0 Å². The van der Waals surface area contributed by atoms with Crippen LogP contribution in [0.5, 0.6) is 0 Å². The number of halogens is 1. The number of aromatic nitrogens is 2. The Kier molecular flexibility index (Phi) is 7.25. The molecule has 0 spiro atoms. The van der Waals surface area contributed by atoms with Crippen molar-refractivity contribution in [2.75, 3.05) is 13.1 Å². The number of rotatable bonds is 6. The van der Waals surface area contributed by atoms with Gasteiger partial charge in [0, 0.05) is 19.0 Å². The normalized spacial score (nSPS) is 15.3. The molecule has 2 heterocycles. The van der Waals surface area contributed by atoms with E-state index in [4.69, 9.17) is 16.0 Å². The Morgan fingerprint density at radius 2 is 1.97 bits per heavy atom. The van der Waals surface area contributed by atoms with E-state index in [1.165, 1.54) is 0 Å². The third-order valence-electron chi connectivity index (χ3n) is 5.07. The Morgan fingerprint density at radius 3 is 2.72 bits per heavy atom. The van der Waals surface area contributed by atoms with Crippen molar-refractivity contribution in [1.82, 2.24) is 20.0 Å². The van der Waals surface area contributed by atoms with Gasteiger partial charge in [0.1, 0.15) is 0 Å². The van der Waals surface area contributed by atoms with Crippen LogP contribution in [-0.4, -0.2) is 50.9 Å². The quantitative estimate of drug-likeness (QED) is 0.710. The van der Waals surface area contributed by atoms with Crippen molar-refractivity contribution in [1.29, 1.82) is 0 Å². The van der Waals surface area contributed by atoms with Crippen LogP contribution in [0.2, 0.25) is 5.02 Å². The second-order valence-corrected chi connectivity index (χ2v) is 7.98. The summed E-state index contributed by atoms with van der Waals surface area (Å²) >= 11 is 6.19. The summed E-state index contributed by atoms with van der Waals surface area (Å²) in [4.78, 5) is 28.6. The zero-order valence-electron chi connectivity index (χ0n) is 16.9. The number of hydrogen-bond donors (Lipinski definition) is 0. The summed E-state index contributed by atoms with van der Waals surface area (Å²) in [6, 6.07) is 7.16. The molecule has 156 valence electrons. The van der Waals surface area contributed by atoms with Crippen molar-refractivity contribution in [2.45, 2.75) is 58.5 Å². The first-order chi connectivity index (χ1) is 14.0. The van der Waals surface area contributed by atoms with Gasteiger partial charge in [-0.25, -0.2) is 0 Å². The molecule has 0 N–H and O–H groups in total. The minimum absolute atomic E-state index is 0.0561. The van der Waals surface area contributed by atoms with Gasteiger partial charge in [0.15, 0.2) is 0 Å². The van der Waals surface area contributed by atoms with Crippen LogP contribution in [0, 0.1) is 0 Å². The summed E-state index contributed by atoms with van der Waals surface area (Å²) in [5, 5.41) is 8.67. The van der Waals surface area contributed by atoms with Gasteiger partial charge in [0.25, 0.3) is 0 Å². The van der Waals surface area contributed by atoms with E-state index >= 15 is 0 Å². The van der Waals surface area contributed by atoms with Crippen LogP contribution < -0.4 is 0 Å². The molecule has 1 saturated heterocycles. The number of amides is 2. The lowest BCUT2D eigenvalue weighted by Gasteiger charge is -2.30. The largest absolute Gasteiger partial charge is 0.419 e. The van der Waals surface area contributed by atoms with Gasteiger partial charge in [0.2, 0.25) is 23.6 Å². The van der Waals surface area contributed by atoms with Gasteiger partial charge in [-0.1, -0.05) is 36.6 Å². The zero-order chi connectivity index (χ0) is 20.8. The molecular formula is C21H27ClN4O3. The van der Waals surface area contributed by atoms with Crippen LogP contribution in [0.4, 0.5) is 0 Å². The average molecular weight is 419 g/mol. The predicted octanol–water partition coefficient (Wildman–Crippen LogP) is 3.92. The average Bonchev–Trinajstić information content (AvgIpc) is 3.14. The molecule has 0 bridgehead atoms. The molecule has 0 unspecified atom stereocenters. The number of nitrogens with zero attached hydrogens (tertiary/aromatic N) is 4. The fourth-order valence-corrected chi connectivity index (χ4v) is 3.62. The first-order valence-electron chi connectivity index (χ1n) is 10.1. The lowest BCUT2D eigenvalue weighted by atomic mass is 10.1. The molecule has 0 aliphatic carbocycles. The van der Waals surface area contributed by atoms with Gasteiger partial charge in [-0.05, 0) is 38.8 Å². The van der Waals surface area contributed by atoms with E-state index in [1.54, 1.807) is 21.9 Å². The minimum atomic E-state index is -0.119. The van der Waals surface area contributed by atoms with Gasteiger partial charge in [-0.15, -0.1) is 10.2 Å². The number of likely N-dealkylation sites (tertiary alicyclic amines) is 1. The van der Waals surface area contributed by atoms with E-state index in [9.17, 15) is 9.59 Å². The Balaban J connectivity index is 1.69. The molecule has 3 rings (SSSR count). The van der Waals surface area contributed by atoms with Crippen LogP contribution in [0.25, 0.3) is 11.5 Å². The van der Waals surface area contributed by atoms with Crippen molar-refractivity contribution in [3.8, 4) is 11.5 Å². The Bertz CT molecular complexity index is 852. The third kappa shape index (κ3) is 5.56. The van der Waals surface area contributed by atoms with Crippen LogP contribution in [-0.2, 0) is 16.1 Å². The van der Waals surface area contributed by atoms with Gasteiger partial charge in [-0.3, -0.25) is 9.59 Å². The number of carbonyl (C=O) groups excluding carboxylic acids is 2. The summed E-state index contributed by atoms with van der Waals surface area (Å²) < 4.78 is 5.75. The molecule has 2 aromatic rings. The van der Waals surface area contributed by atoms with Crippen LogP contribution >= 0.6 is 11.6 Å². The molecule has 29 heavy (non-hydrogen) atoms. The molecule has 7 nitrogen and oxygen atoms in total. The maximum Gasteiger partial charge on any atom is 0.249 e. The predicted molar refractivity (Wildman–Crippen MR) is 110 cm³/mol. The van der Waals surface area contributed by atoms with Crippen molar-refractivity contribution in [3.63, 3.8) is 0 Å². The fourth-order valence-electron chi connectivity index (χ4n) is 3.40. The fraction of sp³-hybridized carbons (Fsp3) is 0.524. The number of benzene rings is 1. The second-order valence-electron chi connectivity index (χ2n) is 7.58. The van der Waals surface area contributed by atoms with E-state index in [1.807, 2.05) is 26.0 Å². The molecule has 1 aliphatic heterocycles. The maximum atomic E-state index is 13.0. The molecule has 8 heteroatoms. The summed E-state index contributed by atoms with van der Waals surface area (Å²) in [5.74, 6) is 0.591. The highest BCUT2D eigenvalue weighted by molar-refractivity contribution is 6.33. The van der Waals surface area contributed by atoms with E-state index < -0.39 is 0 Å². The van der Waals surface area contributed by atoms with Crippen molar-refractivity contribution >= 4 is 23.4 Å². The lowest BCUT2D eigenvalue weighted by Crippen LogP contribution is -2.45. The molecule has 1 fully saturated rings. The maximum absolute atomic E-state index is 13.0. The van der Waals surface area contributed by atoms with E-state index in [-0.39, 0.29) is 30.9 Å². The monoisotopic (exact) mass is 418 g/mol. The molecule has 2 amide bonds. The standard InChI is InChI=1S/C21H27ClN4O3/c1-15(2)26(20(28)14-25-12-8-4-3-5-11-19(25)27)13-18-23-24-21(29-18)16-9-6-7-10-17(16)22/h6-7,9-10,15H,3-5,8,11-14H2,1-2H3. The molecule has 0 atom stereocenters. The van der Waals surface area contributed by atoms with Gasteiger partial charge in [0.05, 0.1) is 23.7 Å². The van der Waals surface area contributed by atoms with E-state index in [2.05, 4.69) is 10.2 Å².